The van der Waals surface area contributed by atoms with Crippen molar-refractivity contribution in [2.45, 2.75) is 32.2 Å². The SMILES string of the molecule is Cc1cc2cc(-n3nnc4cnc(NC5CCC(C(N)=O)C5)nc43)ccc2[nH]1. The fourth-order valence-electron chi connectivity index (χ4n) is 3.92. The number of hydrogen-bond donors (Lipinski definition) is 3. The zero-order valence-corrected chi connectivity index (χ0v) is 15.4. The molecule has 0 saturated heterocycles. The summed E-state index contributed by atoms with van der Waals surface area (Å²) in [6.07, 6.45) is 4.03. The Morgan fingerprint density at radius 1 is 1.32 bits per heavy atom. The highest BCUT2D eigenvalue weighted by Crippen LogP contribution is 2.27. The average Bonchev–Trinajstić information content (AvgIpc) is 3.38. The van der Waals surface area contributed by atoms with Crippen LogP contribution in [0.1, 0.15) is 25.0 Å². The van der Waals surface area contributed by atoms with Gasteiger partial charge in [-0.1, -0.05) is 5.21 Å². The molecule has 1 aliphatic rings. The van der Waals surface area contributed by atoms with Gasteiger partial charge in [0.2, 0.25) is 11.9 Å². The molecule has 28 heavy (non-hydrogen) atoms. The van der Waals surface area contributed by atoms with E-state index in [9.17, 15) is 4.79 Å². The van der Waals surface area contributed by atoms with Crippen molar-refractivity contribution >= 4 is 33.9 Å². The fourth-order valence-corrected chi connectivity index (χ4v) is 3.92. The summed E-state index contributed by atoms with van der Waals surface area (Å²) in [5.74, 6) is 0.188. The molecule has 3 aromatic heterocycles. The quantitative estimate of drug-likeness (QED) is 0.500. The number of nitrogens with zero attached hydrogens (tertiary/aromatic N) is 5. The Kier molecular flexibility index (Phi) is 3.75. The molecular weight excluding hydrogens is 356 g/mol. The number of anilines is 1. The van der Waals surface area contributed by atoms with Crippen LogP contribution in [0.15, 0.2) is 30.5 Å². The highest BCUT2D eigenvalue weighted by atomic mass is 16.1. The number of hydrogen-bond acceptors (Lipinski definition) is 6. The number of aromatic nitrogens is 6. The molecule has 4 N–H and O–H groups in total. The third-order valence-corrected chi connectivity index (χ3v) is 5.34. The normalized spacial score (nSPS) is 19.5. The number of amides is 1. The van der Waals surface area contributed by atoms with Crippen molar-refractivity contribution < 1.29 is 4.79 Å². The van der Waals surface area contributed by atoms with E-state index in [2.05, 4.69) is 42.7 Å². The van der Waals surface area contributed by atoms with Gasteiger partial charge in [0.1, 0.15) is 0 Å². The van der Waals surface area contributed by atoms with Gasteiger partial charge in [0.15, 0.2) is 11.2 Å². The summed E-state index contributed by atoms with van der Waals surface area (Å²) < 4.78 is 1.71. The maximum atomic E-state index is 11.4. The number of fused-ring (bicyclic) bond motifs is 2. The van der Waals surface area contributed by atoms with Crippen molar-refractivity contribution in [1.82, 2.24) is 29.9 Å². The predicted octanol–water partition coefficient (Wildman–Crippen LogP) is 2.07. The highest BCUT2D eigenvalue weighted by Gasteiger charge is 2.28. The molecule has 1 fully saturated rings. The number of nitrogens with one attached hydrogen (secondary N) is 2. The largest absolute Gasteiger partial charge is 0.369 e. The summed E-state index contributed by atoms with van der Waals surface area (Å²) in [6, 6.07) is 8.29. The number of carbonyl (C=O) groups is 1. The molecular formula is C19H20N8O. The van der Waals surface area contributed by atoms with E-state index in [1.807, 2.05) is 19.1 Å². The lowest BCUT2D eigenvalue weighted by molar-refractivity contribution is -0.121. The molecule has 3 heterocycles. The van der Waals surface area contributed by atoms with Gasteiger partial charge < -0.3 is 16.0 Å². The first-order chi connectivity index (χ1) is 13.6. The number of carbonyl (C=O) groups excluding carboxylic acids is 1. The Hall–Kier alpha value is -3.49. The number of aryl methyl sites for hydroxylation is 1. The molecule has 0 spiro atoms. The minimum atomic E-state index is -0.238. The first-order valence-corrected chi connectivity index (χ1v) is 9.31. The fraction of sp³-hybridized carbons (Fsp3) is 0.316. The Morgan fingerprint density at radius 2 is 2.21 bits per heavy atom. The molecule has 1 amide bonds. The second-order valence-corrected chi connectivity index (χ2v) is 7.38. The van der Waals surface area contributed by atoms with Crippen molar-refractivity contribution in [1.29, 1.82) is 0 Å². The van der Waals surface area contributed by atoms with Crippen LogP contribution < -0.4 is 11.1 Å². The van der Waals surface area contributed by atoms with Gasteiger partial charge in [-0.2, -0.15) is 9.67 Å². The van der Waals surface area contributed by atoms with Gasteiger partial charge in [0, 0.05) is 28.6 Å². The van der Waals surface area contributed by atoms with Crippen molar-refractivity contribution in [3.63, 3.8) is 0 Å². The lowest BCUT2D eigenvalue weighted by Gasteiger charge is -2.12. The van der Waals surface area contributed by atoms with Gasteiger partial charge in [0.05, 0.1) is 11.9 Å². The number of aromatic amines is 1. The maximum Gasteiger partial charge on any atom is 0.225 e. The molecule has 4 aromatic rings. The molecule has 0 bridgehead atoms. The molecule has 1 aromatic carbocycles. The smallest absolute Gasteiger partial charge is 0.225 e. The number of primary amides is 1. The van der Waals surface area contributed by atoms with Gasteiger partial charge in [-0.25, -0.2) is 4.98 Å². The van der Waals surface area contributed by atoms with E-state index in [0.717, 1.165) is 35.1 Å². The van der Waals surface area contributed by atoms with Gasteiger partial charge in [-0.15, -0.1) is 5.10 Å². The molecule has 0 radical (unpaired) electrons. The predicted molar refractivity (Wildman–Crippen MR) is 105 cm³/mol. The zero-order valence-electron chi connectivity index (χ0n) is 15.4. The van der Waals surface area contributed by atoms with Crippen LogP contribution in [-0.4, -0.2) is 41.9 Å². The highest BCUT2D eigenvalue weighted by molar-refractivity contribution is 5.83. The molecule has 5 rings (SSSR count). The minimum absolute atomic E-state index is 0.0787. The lowest BCUT2D eigenvalue weighted by atomic mass is 10.1. The lowest BCUT2D eigenvalue weighted by Crippen LogP contribution is -2.23. The van der Waals surface area contributed by atoms with Crippen LogP contribution >= 0.6 is 0 Å². The number of nitrogens with two attached hydrogens (primary N) is 1. The third-order valence-electron chi connectivity index (χ3n) is 5.34. The second kappa shape index (κ2) is 6.29. The summed E-state index contributed by atoms with van der Waals surface area (Å²) >= 11 is 0. The summed E-state index contributed by atoms with van der Waals surface area (Å²) in [5, 5.41) is 12.9. The van der Waals surface area contributed by atoms with E-state index < -0.39 is 0 Å². The molecule has 1 aliphatic carbocycles. The van der Waals surface area contributed by atoms with E-state index in [0.29, 0.717) is 23.5 Å². The van der Waals surface area contributed by atoms with Crippen LogP contribution in [0.3, 0.4) is 0 Å². The molecule has 9 heteroatoms. The summed E-state index contributed by atoms with van der Waals surface area (Å²) in [6.45, 7) is 2.03. The van der Waals surface area contributed by atoms with Gasteiger partial charge in [-0.3, -0.25) is 4.79 Å². The molecule has 2 unspecified atom stereocenters. The Morgan fingerprint density at radius 3 is 3.04 bits per heavy atom. The van der Waals surface area contributed by atoms with Crippen molar-refractivity contribution in [3.8, 4) is 5.69 Å². The Bertz CT molecular complexity index is 1190. The van der Waals surface area contributed by atoms with Crippen LogP contribution in [0.2, 0.25) is 0 Å². The van der Waals surface area contributed by atoms with Crippen LogP contribution in [0.4, 0.5) is 5.95 Å². The molecule has 142 valence electrons. The van der Waals surface area contributed by atoms with Gasteiger partial charge in [0.25, 0.3) is 0 Å². The first kappa shape index (κ1) is 16.7. The minimum Gasteiger partial charge on any atom is -0.369 e. The Labute approximate surface area is 160 Å². The molecule has 2 atom stereocenters. The first-order valence-electron chi connectivity index (χ1n) is 9.31. The average molecular weight is 376 g/mol. The number of benzene rings is 1. The van der Waals surface area contributed by atoms with E-state index in [-0.39, 0.29) is 17.9 Å². The summed E-state index contributed by atoms with van der Waals surface area (Å²) in [7, 11) is 0. The van der Waals surface area contributed by atoms with Gasteiger partial charge >= 0.3 is 0 Å². The third kappa shape index (κ3) is 2.84. The second-order valence-electron chi connectivity index (χ2n) is 7.38. The molecule has 9 nitrogen and oxygen atoms in total. The van der Waals surface area contributed by atoms with Crippen molar-refractivity contribution in [2.24, 2.45) is 11.7 Å². The van der Waals surface area contributed by atoms with E-state index in [1.54, 1.807) is 10.9 Å². The van der Waals surface area contributed by atoms with Crippen molar-refractivity contribution in [2.75, 3.05) is 5.32 Å². The van der Waals surface area contributed by atoms with Crippen LogP contribution in [-0.2, 0) is 4.79 Å². The Balaban J connectivity index is 1.47. The standard InChI is InChI=1S/C19H20N8O/c1-10-6-12-8-14(4-5-15(12)22-10)27-18-16(25-26-27)9-21-19(24-18)23-13-3-2-11(7-13)17(20)28/h4-6,8-9,11,13,22H,2-3,7H2,1H3,(H2,20,28)(H,21,23,24). The van der Waals surface area contributed by atoms with Crippen LogP contribution in [0.5, 0.6) is 0 Å². The molecule has 1 saturated carbocycles. The number of rotatable bonds is 4. The van der Waals surface area contributed by atoms with Crippen LogP contribution in [0, 0.1) is 12.8 Å². The maximum absolute atomic E-state index is 11.4. The summed E-state index contributed by atoms with van der Waals surface area (Å²) in [4.78, 5) is 23.7. The van der Waals surface area contributed by atoms with E-state index >= 15 is 0 Å². The molecule has 0 aliphatic heterocycles. The van der Waals surface area contributed by atoms with E-state index in [1.165, 1.54) is 0 Å². The topological polar surface area (TPSA) is 127 Å². The van der Waals surface area contributed by atoms with Crippen LogP contribution in [0.25, 0.3) is 27.8 Å². The van der Waals surface area contributed by atoms with E-state index in [4.69, 9.17) is 5.73 Å². The zero-order chi connectivity index (χ0) is 19.3. The monoisotopic (exact) mass is 376 g/mol. The van der Waals surface area contributed by atoms with Crippen molar-refractivity contribution in [3.05, 3.63) is 36.2 Å². The summed E-state index contributed by atoms with van der Waals surface area (Å²) in [5.41, 5.74) is 9.74. The van der Waals surface area contributed by atoms with Gasteiger partial charge in [-0.05, 0) is 50.5 Å². The number of H-pyrrole nitrogens is 1.